The minimum atomic E-state index is -0.409. The van der Waals surface area contributed by atoms with Gasteiger partial charge in [0, 0.05) is 24.8 Å². The molecule has 0 saturated carbocycles. The summed E-state index contributed by atoms with van der Waals surface area (Å²) in [7, 11) is 0. The van der Waals surface area contributed by atoms with E-state index in [9.17, 15) is 9.90 Å². The summed E-state index contributed by atoms with van der Waals surface area (Å²) >= 11 is 0. The van der Waals surface area contributed by atoms with Crippen LogP contribution in [0.15, 0.2) is 39.7 Å². The van der Waals surface area contributed by atoms with Gasteiger partial charge in [-0.15, -0.1) is 0 Å². The van der Waals surface area contributed by atoms with Crippen molar-refractivity contribution in [1.82, 2.24) is 4.90 Å². The Bertz CT molecular complexity index is 694. The number of rotatable bonds is 2. The Balaban J connectivity index is 1.77. The smallest absolute Gasteiger partial charge is 0.226 e. The summed E-state index contributed by atoms with van der Waals surface area (Å²) in [5, 5.41) is 9.18. The number of nitrogen functional groups attached to an aromatic ring is 1. The monoisotopic (exact) mass is 272 g/mol. The quantitative estimate of drug-likeness (QED) is 0.810. The molecule has 0 fully saturated rings. The van der Waals surface area contributed by atoms with Crippen molar-refractivity contribution in [2.24, 2.45) is 0 Å². The number of hydrogen-bond donors (Lipinski definition) is 2. The maximum absolute atomic E-state index is 11.4. The molecule has 1 aromatic heterocycles. The average Bonchev–Trinajstić information content (AvgIpc) is 2.43. The molecule has 1 aromatic carbocycles. The minimum absolute atomic E-state index is 0.356. The second kappa shape index (κ2) is 5.02. The minimum Gasteiger partial charge on any atom is -0.502 e. The van der Waals surface area contributed by atoms with E-state index in [1.54, 1.807) is 0 Å². The first-order chi connectivity index (χ1) is 9.63. The summed E-state index contributed by atoms with van der Waals surface area (Å²) in [5.41, 5.74) is 8.84. The van der Waals surface area contributed by atoms with Crippen molar-refractivity contribution >= 4 is 5.69 Å². The van der Waals surface area contributed by atoms with Gasteiger partial charge in [0.2, 0.25) is 5.43 Å². The van der Waals surface area contributed by atoms with Crippen LogP contribution in [0.5, 0.6) is 5.75 Å². The summed E-state index contributed by atoms with van der Waals surface area (Å²) in [6, 6.07) is 7.29. The highest BCUT2D eigenvalue weighted by Crippen LogP contribution is 2.24. The normalized spacial score (nSPS) is 15.0. The molecule has 3 N–H and O–H groups in total. The molecule has 2 aromatic rings. The first kappa shape index (κ1) is 12.7. The molecular formula is C15H16N2O3. The summed E-state index contributed by atoms with van der Waals surface area (Å²) in [5.74, 6) is 0.200. The molecule has 5 nitrogen and oxygen atoms in total. The number of anilines is 1. The number of hydrogen-bond acceptors (Lipinski definition) is 5. The summed E-state index contributed by atoms with van der Waals surface area (Å²) in [6.45, 7) is 2.19. The summed E-state index contributed by atoms with van der Waals surface area (Å²) < 4.78 is 5.24. The maximum atomic E-state index is 11.4. The zero-order valence-electron chi connectivity index (χ0n) is 11.0. The van der Waals surface area contributed by atoms with Gasteiger partial charge in [-0.05, 0) is 23.6 Å². The molecule has 1 aliphatic heterocycles. The highest BCUT2D eigenvalue weighted by atomic mass is 16.4. The van der Waals surface area contributed by atoms with E-state index in [1.807, 2.05) is 12.1 Å². The maximum Gasteiger partial charge on any atom is 0.226 e. The average molecular weight is 272 g/mol. The van der Waals surface area contributed by atoms with Gasteiger partial charge in [0.1, 0.15) is 12.0 Å². The van der Waals surface area contributed by atoms with Gasteiger partial charge in [-0.3, -0.25) is 9.69 Å². The molecule has 0 saturated heterocycles. The lowest BCUT2D eigenvalue weighted by atomic mass is 9.98. The first-order valence-corrected chi connectivity index (χ1v) is 6.53. The zero-order valence-corrected chi connectivity index (χ0v) is 11.0. The van der Waals surface area contributed by atoms with Crippen LogP contribution >= 0.6 is 0 Å². The Morgan fingerprint density at radius 2 is 2.25 bits per heavy atom. The van der Waals surface area contributed by atoms with E-state index in [4.69, 9.17) is 10.2 Å². The molecule has 0 spiro atoms. The topological polar surface area (TPSA) is 79.7 Å². The summed E-state index contributed by atoms with van der Waals surface area (Å²) in [4.78, 5) is 13.6. The molecule has 0 bridgehead atoms. The van der Waals surface area contributed by atoms with E-state index < -0.39 is 5.43 Å². The van der Waals surface area contributed by atoms with Gasteiger partial charge in [-0.1, -0.05) is 12.1 Å². The molecular weight excluding hydrogens is 256 g/mol. The van der Waals surface area contributed by atoms with Crippen molar-refractivity contribution in [3.63, 3.8) is 0 Å². The zero-order chi connectivity index (χ0) is 14.1. The van der Waals surface area contributed by atoms with Gasteiger partial charge in [0.25, 0.3) is 0 Å². The number of nitrogens with zero attached hydrogens (tertiary/aromatic N) is 1. The van der Waals surface area contributed by atoms with Crippen molar-refractivity contribution in [1.29, 1.82) is 0 Å². The van der Waals surface area contributed by atoms with Crippen molar-refractivity contribution in [3.05, 3.63) is 57.6 Å². The van der Waals surface area contributed by atoms with Crippen LogP contribution in [-0.4, -0.2) is 16.6 Å². The van der Waals surface area contributed by atoms with E-state index in [0.29, 0.717) is 12.3 Å². The third kappa shape index (κ3) is 2.40. The van der Waals surface area contributed by atoms with Crippen LogP contribution in [0.3, 0.4) is 0 Å². The van der Waals surface area contributed by atoms with Gasteiger partial charge in [-0.2, -0.15) is 0 Å². The molecule has 104 valence electrons. The lowest BCUT2D eigenvalue weighted by Crippen LogP contribution is -2.30. The largest absolute Gasteiger partial charge is 0.502 e. The third-order valence-electron chi connectivity index (χ3n) is 3.63. The molecule has 20 heavy (non-hydrogen) atoms. The van der Waals surface area contributed by atoms with Gasteiger partial charge >= 0.3 is 0 Å². The molecule has 1 aliphatic rings. The number of benzene rings is 1. The highest BCUT2D eigenvalue weighted by molar-refractivity contribution is 5.51. The van der Waals surface area contributed by atoms with Crippen LogP contribution in [0.25, 0.3) is 0 Å². The fourth-order valence-corrected chi connectivity index (χ4v) is 2.58. The number of nitrogens with two attached hydrogens (primary N) is 1. The Morgan fingerprint density at radius 1 is 1.40 bits per heavy atom. The first-order valence-electron chi connectivity index (χ1n) is 6.53. The van der Waals surface area contributed by atoms with E-state index in [0.717, 1.165) is 31.5 Å². The second-order valence-corrected chi connectivity index (χ2v) is 5.04. The molecule has 3 rings (SSSR count). The van der Waals surface area contributed by atoms with E-state index in [2.05, 4.69) is 11.0 Å². The Morgan fingerprint density at radius 3 is 3.05 bits per heavy atom. The lowest BCUT2D eigenvalue weighted by molar-refractivity contribution is 0.222. The van der Waals surface area contributed by atoms with E-state index in [1.165, 1.54) is 17.2 Å². The fraction of sp³-hybridized carbons (Fsp3) is 0.267. The van der Waals surface area contributed by atoms with Crippen LogP contribution in [-0.2, 0) is 19.5 Å². The molecule has 5 heteroatoms. The fourth-order valence-electron chi connectivity index (χ4n) is 2.58. The van der Waals surface area contributed by atoms with Crippen LogP contribution in [0.4, 0.5) is 5.69 Å². The van der Waals surface area contributed by atoms with Crippen LogP contribution in [0.2, 0.25) is 0 Å². The second-order valence-electron chi connectivity index (χ2n) is 5.04. The number of aromatic hydroxyl groups is 1. The Labute approximate surface area is 116 Å². The van der Waals surface area contributed by atoms with Gasteiger partial charge in [0.05, 0.1) is 6.54 Å². The van der Waals surface area contributed by atoms with Gasteiger partial charge in [-0.25, -0.2) is 0 Å². The molecule has 0 aliphatic carbocycles. The van der Waals surface area contributed by atoms with E-state index in [-0.39, 0.29) is 5.75 Å². The molecule has 0 amide bonds. The van der Waals surface area contributed by atoms with Crippen molar-refractivity contribution in [2.45, 2.75) is 19.5 Å². The number of fused-ring (bicyclic) bond motifs is 1. The highest BCUT2D eigenvalue weighted by Gasteiger charge is 2.18. The predicted octanol–water partition coefficient (Wildman–Crippen LogP) is 1.49. The van der Waals surface area contributed by atoms with Crippen LogP contribution in [0, 0.1) is 0 Å². The lowest BCUT2D eigenvalue weighted by Gasteiger charge is -2.28. The Kier molecular flexibility index (Phi) is 3.20. The van der Waals surface area contributed by atoms with E-state index >= 15 is 0 Å². The van der Waals surface area contributed by atoms with Crippen LogP contribution < -0.4 is 11.2 Å². The molecule has 0 unspecified atom stereocenters. The third-order valence-corrected chi connectivity index (χ3v) is 3.63. The SMILES string of the molecule is Nc1cccc2c1CCN(Cc1cc(=O)c(O)co1)C2. The van der Waals surface area contributed by atoms with Crippen LogP contribution in [0.1, 0.15) is 16.9 Å². The van der Waals surface area contributed by atoms with Crippen molar-refractivity contribution in [3.8, 4) is 5.75 Å². The molecule has 2 heterocycles. The Hall–Kier alpha value is -2.27. The summed E-state index contributed by atoms with van der Waals surface area (Å²) in [6.07, 6.45) is 1.98. The molecule has 0 radical (unpaired) electrons. The van der Waals surface area contributed by atoms with Gasteiger partial charge < -0.3 is 15.3 Å². The van der Waals surface area contributed by atoms with Gasteiger partial charge in [0.15, 0.2) is 5.75 Å². The molecule has 0 atom stereocenters. The van der Waals surface area contributed by atoms with Crippen molar-refractivity contribution < 1.29 is 9.52 Å². The van der Waals surface area contributed by atoms with Crippen molar-refractivity contribution in [2.75, 3.05) is 12.3 Å². The standard InChI is InChI=1S/C15H16N2O3/c16-13-3-1-2-10-7-17(5-4-12(10)13)8-11-6-14(18)15(19)9-20-11/h1-3,6,9,19H,4-5,7-8,16H2. The predicted molar refractivity (Wildman–Crippen MR) is 75.3 cm³/mol.